The quantitative estimate of drug-likeness (QED) is 0.668. The maximum Gasteiger partial charge on any atom is 0.142 e. The summed E-state index contributed by atoms with van der Waals surface area (Å²) >= 11 is 0. The molecular formula is C18H23NO2. The zero-order valence-corrected chi connectivity index (χ0v) is 13.2. The first-order chi connectivity index (χ1) is 9.97. The molecule has 0 atom stereocenters. The molecule has 2 aromatic carbocycles. The fourth-order valence-corrected chi connectivity index (χ4v) is 2.46. The smallest absolute Gasteiger partial charge is 0.142 e. The maximum absolute atomic E-state index is 5.88. The highest BCUT2D eigenvalue weighted by Gasteiger charge is 2.06. The summed E-state index contributed by atoms with van der Waals surface area (Å²) in [6.45, 7) is 9.21. The monoisotopic (exact) mass is 285 g/mol. The first-order valence-electron chi connectivity index (χ1n) is 7.17. The van der Waals surface area contributed by atoms with Gasteiger partial charge in [-0.1, -0.05) is 23.8 Å². The van der Waals surface area contributed by atoms with Crippen LogP contribution in [0.2, 0.25) is 0 Å². The lowest BCUT2D eigenvalue weighted by atomic mass is 10.1. The van der Waals surface area contributed by atoms with Crippen LogP contribution in [0.3, 0.4) is 0 Å². The van der Waals surface area contributed by atoms with E-state index in [2.05, 4.69) is 32.9 Å². The van der Waals surface area contributed by atoms with Gasteiger partial charge in [-0.2, -0.15) is 0 Å². The molecule has 0 saturated heterocycles. The van der Waals surface area contributed by atoms with Gasteiger partial charge in [0.05, 0.1) is 5.69 Å². The highest BCUT2D eigenvalue weighted by atomic mass is 16.5. The number of rotatable bonds is 5. The van der Waals surface area contributed by atoms with Gasteiger partial charge in [-0.05, 0) is 56.5 Å². The lowest BCUT2D eigenvalue weighted by molar-refractivity contribution is 0.216. The molecule has 2 rings (SSSR count). The SMILES string of the molecule is Cc1cc(C)c(OCCOc2cc(C)ccc2N)c(C)c1. The Morgan fingerprint density at radius 1 is 0.810 bits per heavy atom. The van der Waals surface area contributed by atoms with Gasteiger partial charge in [-0.15, -0.1) is 0 Å². The standard InChI is InChI=1S/C18H23NO2/c1-12-5-6-16(19)17(11-12)20-7-8-21-18-14(3)9-13(2)10-15(18)4/h5-6,9-11H,7-8,19H2,1-4H3. The molecule has 3 heteroatoms. The van der Waals surface area contributed by atoms with Crippen molar-refractivity contribution in [2.75, 3.05) is 18.9 Å². The number of hydrogen-bond donors (Lipinski definition) is 1. The Balaban J connectivity index is 1.92. The fraction of sp³-hybridized carbons (Fsp3) is 0.333. The minimum absolute atomic E-state index is 0.473. The number of nitrogen functional groups attached to an aromatic ring is 1. The number of nitrogens with two attached hydrogens (primary N) is 1. The summed E-state index contributed by atoms with van der Waals surface area (Å²) in [4.78, 5) is 0. The molecule has 0 spiro atoms. The minimum atomic E-state index is 0.473. The average molecular weight is 285 g/mol. The highest BCUT2D eigenvalue weighted by Crippen LogP contribution is 2.25. The van der Waals surface area contributed by atoms with Crippen molar-refractivity contribution < 1.29 is 9.47 Å². The lowest BCUT2D eigenvalue weighted by Gasteiger charge is -2.14. The van der Waals surface area contributed by atoms with E-state index in [4.69, 9.17) is 15.2 Å². The molecule has 0 radical (unpaired) electrons. The Kier molecular flexibility index (Phi) is 4.73. The molecule has 0 unspecified atom stereocenters. The molecule has 2 aromatic rings. The first-order valence-corrected chi connectivity index (χ1v) is 7.17. The van der Waals surface area contributed by atoms with Gasteiger partial charge in [0.2, 0.25) is 0 Å². The molecule has 0 heterocycles. The summed E-state index contributed by atoms with van der Waals surface area (Å²) in [6.07, 6.45) is 0. The molecule has 0 fully saturated rings. The number of benzene rings is 2. The number of anilines is 1. The van der Waals surface area contributed by atoms with Gasteiger partial charge in [0, 0.05) is 0 Å². The lowest BCUT2D eigenvalue weighted by Crippen LogP contribution is -2.11. The zero-order valence-electron chi connectivity index (χ0n) is 13.2. The number of ether oxygens (including phenoxy) is 2. The van der Waals surface area contributed by atoms with Crippen LogP contribution in [0.15, 0.2) is 30.3 Å². The van der Waals surface area contributed by atoms with Gasteiger partial charge in [0.1, 0.15) is 24.7 Å². The van der Waals surface area contributed by atoms with E-state index in [1.165, 1.54) is 5.56 Å². The second-order valence-electron chi connectivity index (χ2n) is 5.47. The summed E-state index contributed by atoms with van der Waals surface area (Å²) in [7, 11) is 0. The molecular weight excluding hydrogens is 262 g/mol. The van der Waals surface area contributed by atoms with Crippen molar-refractivity contribution >= 4 is 5.69 Å². The Morgan fingerprint density at radius 2 is 1.43 bits per heavy atom. The van der Waals surface area contributed by atoms with Gasteiger partial charge in [0.15, 0.2) is 0 Å². The topological polar surface area (TPSA) is 44.5 Å². The predicted molar refractivity (Wildman–Crippen MR) is 87.2 cm³/mol. The Bertz CT molecular complexity index is 612. The van der Waals surface area contributed by atoms with Crippen LogP contribution in [0.1, 0.15) is 22.3 Å². The van der Waals surface area contributed by atoms with Crippen LogP contribution < -0.4 is 15.2 Å². The maximum atomic E-state index is 5.88. The largest absolute Gasteiger partial charge is 0.489 e. The van der Waals surface area contributed by atoms with Crippen LogP contribution in [-0.4, -0.2) is 13.2 Å². The van der Waals surface area contributed by atoms with Crippen LogP contribution in [0.25, 0.3) is 0 Å². The van der Waals surface area contributed by atoms with E-state index in [0.29, 0.717) is 18.9 Å². The van der Waals surface area contributed by atoms with Gasteiger partial charge in [-0.25, -0.2) is 0 Å². The van der Waals surface area contributed by atoms with Crippen LogP contribution in [0.5, 0.6) is 11.5 Å². The van der Waals surface area contributed by atoms with Gasteiger partial charge >= 0.3 is 0 Å². The third-order valence-electron chi connectivity index (χ3n) is 3.36. The molecule has 21 heavy (non-hydrogen) atoms. The fourth-order valence-electron chi connectivity index (χ4n) is 2.46. The summed E-state index contributed by atoms with van der Waals surface area (Å²) in [5.74, 6) is 1.66. The molecule has 0 bridgehead atoms. The van der Waals surface area contributed by atoms with E-state index in [1.54, 1.807) is 0 Å². The van der Waals surface area contributed by atoms with E-state index < -0.39 is 0 Å². The van der Waals surface area contributed by atoms with E-state index in [1.807, 2.05) is 25.1 Å². The van der Waals surface area contributed by atoms with Crippen molar-refractivity contribution in [3.8, 4) is 11.5 Å². The summed E-state index contributed by atoms with van der Waals surface area (Å²) in [5.41, 5.74) is 11.2. The summed E-state index contributed by atoms with van der Waals surface area (Å²) in [5, 5.41) is 0. The van der Waals surface area contributed by atoms with Crippen LogP contribution in [0, 0.1) is 27.7 Å². The molecule has 0 saturated carbocycles. The molecule has 0 aliphatic heterocycles. The number of aryl methyl sites for hydroxylation is 4. The number of hydrogen-bond acceptors (Lipinski definition) is 3. The minimum Gasteiger partial charge on any atom is -0.489 e. The van der Waals surface area contributed by atoms with Crippen LogP contribution in [-0.2, 0) is 0 Å². The normalized spacial score (nSPS) is 10.5. The summed E-state index contributed by atoms with van der Waals surface area (Å²) < 4.78 is 11.5. The van der Waals surface area contributed by atoms with Crippen molar-refractivity contribution in [3.05, 3.63) is 52.6 Å². The molecule has 112 valence electrons. The third-order valence-corrected chi connectivity index (χ3v) is 3.36. The van der Waals surface area contributed by atoms with Gasteiger partial charge < -0.3 is 15.2 Å². The van der Waals surface area contributed by atoms with Crippen molar-refractivity contribution in [2.45, 2.75) is 27.7 Å². The Hall–Kier alpha value is -2.16. The molecule has 0 aliphatic rings. The molecule has 0 aromatic heterocycles. The van der Waals surface area contributed by atoms with Crippen LogP contribution in [0.4, 0.5) is 5.69 Å². The Labute approximate surface area is 126 Å². The highest BCUT2D eigenvalue weighted by molar-refractivity contribution is 5.53. The molecule has 0 amide bonds. The molecule has 0 aliphatic carbocycles. The van der Waals surface area contributed by atoms with E-state index >= 15 is 0 Å². The van der Waals surface area contributed by atoms with Gasteiger partial charge in [-0.3, -0.25) is 0 Å². The molecule has 3 nitrogen and oxygen atoms in total. The van der Waals surface area contributed by atoms with Crippen molar-refractivity contribution in [2.24, 2.45) is 0 Å². The zero-order chi connectivity index (χ0) is 15.4. The summed E-state index contributed by atoms with van der Waals surface area (Å²) in [6, 6.07) is 10.0. The third kappa shape index (κ3) is 3.91. The van der Waals surface area contributed by atoms with Crippen molar-refractivity contribution in [3.63, 3.8) is 0 Å². The van der Waals surface area contributed by atoms with Gasteiger partial charge in [0.25, 0.3) is 0 Å². The van der Waals surface area contributed by atoms with Crippen molar-refractivity contribution in [1.29, 1.82) is 0 Å². The Morgan fingerprint density at radius 3 is 2.10 bits per heavy atom. The van der Waals surface area contributed by atoms with E-state index in [9.17, 15) is 0 Å². The first kappa shape index (κ1) is 15.2. The second-order valence-corrected chi connectivity index (χ2v) is 5.47. The average Bonchev–Trinajstić information content (AvgIpc) is 2.40. The van der Waals surface area contributed by atoms with E-state index in [0.717, 1.165) is 28.2 Å². The second kappa shape index (κ2) is 6.53. The van der Waals surface area contributed by atoms with Crippen molar-refractivity contribution in [1.82, 2.24) is 0 Å². The predicted octanol–water partition coefficient (Wildman–Crippen LogP) is 3.96. The molecule has 2 N–H and O–H groups in total. The van der Waals surface area contributed by atoms with Crippen LogP contribution >= 0.6 is 0 Å². The van der Waals surface area contributed by atoms with E-state index in [-0.39, 0.29) is 0 Å².